The van der Waals surface area contributed by atoms with Crippen molar-refractivity contribution in [3.63, 3.8) is 0 Å². The maximum Gasteiger partial charge on any atom is 0.262 e. The summed E-state index contributed by atoms with van der Waals surface area (Å²) in [5, 5.41) is 15.0. The van der Waals surface area contributed by atoms with E-state index in [9.17, 15) is 19.1 Å². The van der Waals surface area contributed by atoms with Gasteiger partial charge in [0.1, 0.15) is 17.7 Å². The average molecular weight is 491 g/mol. The number of aliphatic hydroxyl groups excluding tert-OH is 1. The van der Waals surface area contributed by atoms with Gasteiger partial charge in [0.25, 0.3) is 5.91 Å². The normalized spacial score (nSPS) is 20.9. The SMILES string of the molecule is COc1ccc(F)cc1C(O)CC1/C=C(/C(C)=N/OC(C)C)C(=O)N(C[C@@H](C)C(C)C)C(=O)CC1. The molecule has 0 spiro atoms. The number of halogens is 1. The predicted molar refractivity (Wildman–Crippen MR) is 133 cm³/mol. The fourth-order valence-electron chi connectivity index (χ4n) is 3.85. The van der Waals surface area contributed by atoms with Crippen LogP contribution in [0.3, 0.4) is 0 Å². The van der Waals surface area contributed by atoms with Crippen molar-refractivity contribution >= 4 is 17.5 Å². The molecule has 194 valence electrons. The molecule has 1 N–H and O–H groups in total. The van der Waals surface area contributed by atoms with Crippen LogP contribution in [-0.2, 0) is 14.4 Å². The number of aliphatic hydroxyl groups is 1. The van der Waals surface area contributed by atoms with Crippen LogP contribution in [0, 0.1) is 23.6 Å². The fourth-order valence-corrected chi connectivity index (χ4v) is 3.85. The number of benzene rings is 1. The van der Waals surface area contributed by atoms with Gasteiger partial charge in [-0.05, 0) is 69.6 Å². The molecule has 0 radical (unpaired) electrons. The Morgan fingerprint density at radius 1 is 1.23 bits per heavy atom. The minimum Gasteiger partial charge on any atom is -0.496 e. The molecule has 35 heavy (non-hydrogen) atoms. The highest BCUT2D eigenvalue weighted by Gasteiger charge is 2.32. The van der Waals surface area contributed by atoms with Crippen LogP contribution in [0.2, 0.25) is 0 Å². The molecule has 0 aromatic heterocycles. The van der Waals surface area contributed by atoms with E-state index in [-0.39, 0.29) is 42.3 Å². The summed E-state index contributed by atoms with van der Waals surface area (Å²) in [4.78, 5) is 33.3. The molecule has 1 heterocycles. The first kappa shape index (κ1) is 28.5. The molecule has 1 aromatic rings. The zero-order valence-electron chi connectivity index (χ0n) is 21.9. The van der Waals surface area contributed by atoms with Gasteiger partial charge in [0.05, 0.1) is 24.5 Å². The second-order valence-electron chi connectivity index (χ2n) is 9.88. The highest BCUT2D eigenvalue weighted by molar-refractivity contribution is 6.23. The van der Waals surface area contributed by atoms with Crippen molar-refractivity contribution in [1.82, 2.24) is 4.90 Å². The van der Waals surface area contributed by atoms with Gasteiger partial charge in [-0.3, -0.25) is 14.5 Å². The molecule has 7 nitrogen and oxygen atoms in total. The molecule has 1 aromatic carbocycles. The van der Waals surface area contributed by atoms with Crippen LogP contribution in [0.1, 0.15) is 72.5 Å². The first-order chi connectivity index (χ1) is 16.4. The number of hydrogen-bond donors (Lipinski definition) is 1. The zero-order valence-corrected chi connectivity index (χ0v) is 21.9. The third kappa shape index (κ3) is 7.88. The minimum atomic E-state index is -1.05. The smallest absolute Gasteiger partial charge is 0.262 e. The van der Waals surface area contributed by atoms with E-state index in [2.05, 4.69) is 19.0 Å². The Bertz CT molecular complexity index is 957. The summed E-state index contributed by atoms with van der Waals surface area (Å²) in [6.07, 6.45) is 1.32. The number of nitrogens with zero attached hydrogens (tertiary/aromatic N) is 2. The second kappa shape index (κ2) is 12.8. The standard InChI is InChI=1S/C27H39FN2O5/c1-16(2)18(5)15-30-26(32)11-8-20(12-22(27(30)33)19(6)29-35-17(3)4)13-24(31)23-14-21(28)9-10-25(23)34-7/h9-10,12,14,16-18,20,24,31H,8,11,13,15H2,1-7H3/b22-12-,29-19+/t18-,20?,24?/m1/s1. The monoisotopic (exact) mass is 490 g/mol. The molecular weight excluding hydrogens is 451 g/mol. The Morgan fingerprint density at radius 2 is 1.91 bits per heavy atom. The van der Waals surface area contributed by atoms with Crippen molar-refractivity contribution in [1.29, 1.82) is 0 Å². The van der Waals surface area contributed by atoms with Crippen molar-refractivity contribution in [3.05, 3.63) is 41.2 Å². The molecule has 2 amide bonds. The van der Waals surface area contributed by atoms with E-state index in [1.807, 2.05) is 20.8 Å². The Balaban J connectivity index is 2.43. The van der Waals surface area contributed by atoms with Gasteiger partial charge in [-0.15, -0.1) is 0 Å². The lowest BCUT2D eigenvalue weighted by Gasteiger charge is -2.30. The lowest BCUT2D eigenvalue weighted by molar-refractivity contribution is -0.143. The summed E-state index contributed by atoms with van der Waals surface area (Å²) < 4.78 is 19.1. The van der Waals surface area contributed by atoms with Gasteiger partial charge in [0.15, 0.2) is 0 Å². The molecule has 0 saturated heterocycles. The number of imide groups is 1. The zero-order chi connectivity index (χ0) is 26.3. The Labute approximate surface area is 208 Å². The Morgan fingerprint density at radius 3 is 2.51 bits per heavy atom. The molecule has 0 saturated carbocycles. The maximum atomic E-state index is 13.9. The van der Waals surface area contributed by atoms with Crippen LogP contribution in [0.25, 0.3) is 0 Å². The molecule has 1 aliphatic rings. The summed E-state index contributed by atoms with van der Waals surface area (Å²) >= 11 is 0. The number of oxime groups is 1. The van der Waals surface area contributed by atoms with Crippen LogP contribution in [-0.4, -0.2) is 47.3 Å². The van der Waals surface area contributed by atoms with Gasteiger partial charge < -0.3 is 14.7 Å². The van der Waals surface area contributed by atoms with Gasteiger partial charge in [0, 0.05) is 18.5 Å². The number of rotatable bonds is 10. The molecule has 2 rings (SSSR count). The summed E-state index contributed by atoms with van der Waals surface area (Å²) in [7, 11) is 1.45. The molecule has 2 unspecified atom stereocenters. The Hall–Kier alpha value is -2.74. The van der Waals surface area contributed by atoms with E-state index in [0.717, 1.165) is 0 Å². The van der Waals surface area contributed by atoms with Crippen LogP contribution < -0.4 is 4.74 Å². The quantitative estimate of drug-likeness (QED) is 0.282. The second-order valence-corrected chi connectivity index (χ2v) is 9.88. The van der Waals surface area contributed by atoms with E-state index >= 15 is 0 Å². The third-order valence-corrected chi connectivity index (χ3v) is 6.38. The lowest BCUT2D eigenvalue weighted by atomic mass is 9.88. The van der Waals surface area contributed by atoms with Crippen molar-refractivity contribution in [3.8, 4) is 5.75 Å². The molecule has 3 atom stereocenters. The minimum absolute atomic E-state index is 0.130. The average Bonchev–Trinajstić information content (AvgIpc) is 2.80. The van der Waals surface area contributed by atoms with Crippen molar-refractivity contribution in [2.24, 2.45) is 22.9 Å². The van der Waals surface area contributed by atoms with E-state index in [4.69, 9.17) is 9.57 Å². The van der Waals surface area contributed by atoms with Gasteiger partial charge in [-0.1, -0.05) is 32.0 Å². The number of allylic oxidation sites excluding steroid dienone is 1. The molecular formula is C27H39FN2O5. The van der Waals surface area contributed by atoms with Crippen molar-refractivity contribution in [2.45, 2.75) is 73.0 Å². The van der Waals surface area contributed by atoms with Crippen LogP contribution in [0.4, 0.5) is 4.39 Å². The van der Waals surface area contributed by atoms with E-state index < -0.39 is 17.8 Å². The summed E-state index contributed by atoms with van der Waals surface area (Å²) in [5.74, 6) is -0.676. The number of carbonyl (C=O) groups is 2. The van der Waals surface area contributed by atoms with E-state index in [1.165, 1.54) is 30.2 Å². The number of methoxy groups -OCH3 is 1. The summed E-state index contributed by atoms with van der Waals surface area (Å²) in [5.41, 5.74) is 0.963. The summed E-state index contributed by atoms with van der Waals surface area (Å²) in [6, 6.07) is 3.97. The van der Waals surface area contributed by atoms with Crippen LogP contribution >= 0.6 is 0 Å². The molecule has 0 bridgehead atoms. The number of ether oxygens (including phenoxy) is 1. The number of carbonyl (C=O) groups excluding carboxylic acids is 2. The van der Waals surface area contributed by atoms with Gasteiger partial charge >= 0.3 is 0 Å². The lowest BCUT2D eigenvalue weighted by Crippen LogP contribution is -2.43. The van der Waals surface area contributed by atoms with Crippen molar-refractivity contribution in [2.75, 3.05) is 13.7 Å². The van der Waals surface area contributed by atoms with Gasteiger partial charge in [-0.25, -0.2) is 4.39 Å². The van der Waals surface area contributed by atoms with E-state index in [0.29, 0.717) is 35.9 Å². The molecule has 0 aliphatic carbocycles. The summed E-state index contributed by atoms with van der Waals surface area (Å²) in [6.45, 7) is 11.8. The van der Waals surface area contributed by atoms with E-state index in [1.54, 1.807) is 13.0 Å². The number of hydrogen-bond acceptors (Lipinski definition) is 6. The molecule has 8 heteroatoms. The van der Waals surface area contributed by atoms with Gasteiger partial charge in [0.2, 0.25) is 5.91 Å². The first-order valence-electron chi connectivity index (χ1n) is 12.2. The topological polar surface area (TPSA) is 88.4 Å². The number of amides is 2. The fraction of sp³-hybridized carbons (Fsp3) is 0.593. The van der Waals surface area contributed by atoms with Crippen LogP contribution in [0.5, 0.6) is 5.75 Å². The van der Waals surface area contributed by atoms with Gasteiger partial charge in [-0.2, -0.15) is 0 Å². The first-order valence-corrected chi connectivity index (χ1v) is 12.2. The Kier molecular flexibility index (Phi) is 10.4. The van der Waals surface area contributed by atoms with Crippen LogP contribution in [0.15, 0.2) is 35.0 Å². The van der Waals surface area contributed by atoms with Crippen molar-refractivity contribution < 1.29 is 28.7 Å². The predicted octanol–water partition coefficient (Wildman–Crippen LogP) is 5.04. The maximum absolute atomic E-state index is 13.9. The largest absolute Gasteiger partial charge is 0.496 e. The highest BCUT2D eigenvalue weighted by atomic mass is 19.1. The highest BCUT2D eigenvalue weighted by Crippen LogP contribution is 2.33. The molecule has 1 aliphatic heterocycles. The molecule has 0 fully saturated rings. The third-order valence-electron chi connectivity index (χ3n) is 6.38.